The number of anilines is 1. The molecule has 0 radical (unpaired) electrons. The van der Waals surface area contributed by atoms with Crippen molar-refractivity contribution in [3.63, 3.8) is 0 Å². The number of ether oxygens (including phenoxy) is 2. The van der Waals surface area contributed by atoms with Crippen LogP contribution in [0.2, 0.25) is 5.02 Å². The molecule has 1 aromatic carbocycles. The van der Waals surface area contributed by atoms with E-state index in [1.165, 1.54) is 0 Å². The minimum Gasteiger partial charge on any atom is -0.493 e. The highest BCUT2D eigenvalue weighted by atomic mass is 35.5. The molecule has 1 amide bonds. The van der Waals surface area contributed by atoms with Crippen LogP contribution >= 0.6 is 11.6 Å². The highest BCUT2D eigenvalue weighted by Gasteiger charge is 2.33. The first kappa shape index (κ1) is 16.5. The molecule has 1 atom stereocenters. The quantitative estimate of drug-likeness (QED) is 0.764. The summed E-state index contributed by atoms with van der Waals surface area (Å²) >= 11 is 6.13. The monoisotopic (exact) mass is 372 g/mol. The van der Waals surface area contributed by atoms with Crippen LogP contribution in [0.3, 0.4) is 0 Å². The Morgan fingerprint density at radius 1 is 1.19 bits per heavy atom. The van der Waals surface area contributed by atoms with E-state index in [-0.39, 0.29) is 5.91 Å². The van der Waals surface area contributed by atoms with E-state index in [9.17, 15) is 4.79 Å². The van der Waals surface area contributed by atoms with E-state index in [2.05, 4.69) is 10.3 Å². The van der Waals surface area contributed by atoms with Crippen LogP contribution in [-0.2, 0) is 0 Å². The summed E-state index contributed by atoms with van der Waals surface area (Å²) in [6.07, 6.45) is 3.11. The Morgan fingerprint density at radius 2 is 1.92 bits per heavy atom. The number of rotatable bonds is 3. The zero-order valence-corrected chi connectivity index (χ0v) is 15.2. The molecule has 1 aliphatic heterocycles. The van der Waals surface area contributed by atoms with Gasteiger partial charge < -0.3 is 19.7 Å². The summed E-state index contributed by atoms with van der Waals surface area (Å²) in [5.74, 6) is 0.938. The largest absolute Gasteiger partial charge is 0.493 e. The maximum absolute atomic E-state index is 12.9. The summed E-state index contributed by atoms with van der Waals surface area (Å²) in [5, 5.41) is 3.97. The van der Waals surface area contributed by atoms with Crippen molar-refractivity contribution in [2.24, 2.45) is 0 Å². The van der Waals surface area contributed by atoms with Crippen LogP contribution in [0.25, 0.3) is 5.65 Å². The lowest BCUT2D eigenvalue weighted by Crippen LogP contribution is -2.40. The Morgan fingerprint density at radius 3 is 2.65 bits per heavy atom. The fourth-order valence-electron chi connectivity index (χ4n) is 3.17. The van der Waals surface area contributed by atoms with Gasteiger partial charge in [0.2, 0.25) is 0 Å². The van der Waals surface area contributed by atoms with Gasteiger partial charge in [0.1, 0.15) is 11.8 Å². The van der Waals surface area contributed by atoms with E-state index in [0.717, 1.165) is 11.3 Å². The predicted octanol–water partition coefficient (Wildman–Crippen LogP) is 3.20. The van der Waals surface area contributed by atoms with Crippen molar-refractivity contribution in [1.29, 1.82) is 0 Å². The molecule has 26 heavy (non-hydrogen) atoms. The van der Waals surface area contributed by atoms with Gasteiger partial charge in [-0.2, -0.15) is 0 Å². The summed E-state index contributed by atoms with van der Waals surface area (Å²) < 4.78 is 12.5. The number of hydrogen-bond acceptors (Lipinski definition) is 5. The molecule has 7 nitrogen and oxygen atoms in total. The van der Waals surface area contributed by atoms with Crippen LogP contribution < -0.4 is 14.8 Å². The molecule has 4 rings (SSSR count). The van der Waals surface area contributed by atoms with Gasteiger partial charge in [-0.25, -0.2) is 4.98 Å². The van der Waals surface area contributed by atoms with Crippen molar-refractivity contribution < 1.29 is 14.3 Å². The molecule has 8 heteroatoms. The SMILES string of the molecule is COc1cc2c(cc1OC)C(=O)N(C)[C@H](c1cnc3ccc(Cl)cn13)N2. The number of carbonyl (C=O) groups is 1. The number of imidazole rings is 1. The van der Waals surface area contributed by atoms with E-state index in [1.807, 2.05) is 10.5 Å². The average Bonchev–Trinajstić information content (AvgIpc) is 3.06. The minimum absolute atomic E-state index is 0.123. The number of aromatic nitrogens is 2. The number of carbonyl (C=O) groups excluding carboxylic acids is 1. The van der Waals surface area contributed by atoms with Gasteiger partial charge in [0, 0.05) is 19.3 Å². The average molecular weight is 373 g/mol. The van der Waals surface area contributed by atoms with Gasteiger partial charge in [-0.15, -0.1) is 0 Å². The maximum atomic E-state index is 12.9. The van der Waals surface area contributed by atoms with Gasteiger partial charge in [-0.05, 0) is 18.2 Å². The normalized spacial score (nSPS) is 16.4. The fraction of sp³-hybridized carbons (Fsp3) is 0.222. The zero-order chi connectivity index (χ0) is 18.4. The molecule has 0 fully saturated rings. The summed E-state index contributed by atoms with van der Waals surface area (Å²) in [4.78, 5) is 18.9. The zero-order valence-electron chi connectivity index (χ0n) is 14.5. The Bertz CT molecular complexity index is 1020. The van der Waals surface area contributed by atoms with Gasteiger partial charge in [0.25, 0.3) is 5.91 Å². The molecule has 0 saturated carbocycles. The standard InChI is InChI=1S/C18H17ClN4O3/c1-22-17(13-8-20-16-5-4-10(19)9-23(13)16)21-12-7-15(26-3)14(25-2)6-11(12)18(22)24/h4-9,17,21H,1-3H3/t17-/m1/s1. The smallest absolute Gasteiger partial charge is 0.257 e. The summed E-state index contributed by atoms with van der Waals surface area (Å²) in [5.41, 5.74) is 2.75. The third-order valence-corrected chi connectivity index (χ3v) is 4.76. The number of fused-ring (bicyclic) bond motifs is 2. The Kier molecular flexibility index (Phi) is 3.88. The van der Waals surface area contributed by atoms with Gasteiger partial charge >= 0.3 is 0 Å². The molecule has 3 aromatic rings. The molecule has 0 spiro atoms. The molecule has 134 valence electrons. The van der Waals surface area contributed by atoms with Gasteiger partial charge in [-0.3, -0.25) is 9.20 Å². The minimum atomic E-state index is -0.401. The second-order valence-electron chi connectivity index (χ2n) is 5.97. The highest BCUT2D eigenvalue weighted by molar-refractivity contribution is 6.30. The lowest BCUT2D eigenvalue weighted by molar-refractivity contribution is 0.0731. The van der Waals surface area contributed by atoms with Crippen LogP contribution in [0.4, 0.5) is 5.69 Å². The van der Waals surface area contributed by atoms with E-state index >= 15 is 0 Å². The molecule has 0 bridgehead atoms. The topological polar surface area (TPSA) is 68.1 Å². The molecule has 0 aliphatic carbocycles. The van der Waals surface area contributed by atoms with Crippen LogP contribution in [0.5, 0.6) is 11.5 Å². The molecule has 0 saturated heterocycles. The first-order valence-electron chi connectivity index (χ1n) is 7.95. The molecule has 0 unspecified atom stereocenters. The van der Waals surface area contributed by atoms with Crippen molar-refractivity contribution in [3.05, 3.63) is 52.9 Å². The van der Waals surface area contributed by atoms with Crippen molar-refractivity contribution in [3.8, 4) is 11.5 Å². The van der Waals surface area contributed by atoms with E-state index < -0.39 is 6.17 Å². The third-order valence-electron chi connectivity index (χ3n) is 4.53. The number of nitrogens with zero attached hydrogens (tertiary/aromatic N) is 3. The maximum Gasteiger partial charge on any atom is 0.257 e. The number of amides is 1. The first-order valence-corrected chi connectivity index (χ1v) is 8.33. The van der Waals surface area contributed by atoms with Crippen LogP contribution in [0, 0.1) is 0 Å². The molecule has 2 aromatic heterocycles. The number of nitrogens with one attached hydrogen (secondary N) is 1. The Hall–Kier alpha value is -2.93. The Labute approximate surface area is 155 Å². The van der Waals surface area contributed by atoms with Crippen molar-refractivity contribution in [2.75, 3.05) is 26.6 Å². The molecular formula is C18H17ClN4O3. The second kappa shape index (κ2) is 6.10. The number of hydrogen-bond donors (Lipinski definition) is 1. The lowest BCUT2D eigenvalue weighted by Gasteiger charge is -2.35. The lowest BCUT2D eigenvalue weighted by atomic mass is 10.1. The second-order valence-corrected chi connectivity index (χ2v) is 6.41. The summed E-state index contributed by atoms with van der Waals surface area (Å²) in [6, 6.07) is 7.06. The first-order chi connectivity index (χ1) is 12.5. The predicted molar refractivity (Wildman–Crippen MR) is 98.2 cm³/mol. The number of pyridine rings is 1. The van der Waals surface area contributed by atoms with Crippen LogP contribution in [-0.4, -0.2) is 41.5 Å². The van der Waals surface area contributed by atoms with E-state index in [0.29, 0.717) is 27.8 Å². The highest BCUT2D eigenvalue weighted by Crippen LogP contribution is 2.39. The van der Waals surface area contributed by atoms with Gasteiger partial charge in [0.15, 0.2) is 11.5 Å². The number of methoxy groups -OCH3 is 2. The van der Waals surface area contributed by atoms with Gasteiger partial charge in [0.05, 0.1) is 42.4 Å². The van der Waals surface area contributed by atoms with Crippen LogP contribution in [0.15, 0.2) is 36.7 Å². The molecular weight excluding hydrogens is 356 g/mol. The Balaban J connectivity index is 1.83. The number of benzene rings is 1. The van der Waals surface area contributed by atoms with Crippen molar-refractivity contribution in [2.45, 2.75) is 6.17 Å². The summed E-state index contributed by atoms with van der Waals surface area (Å²) in [7, 11) is 4.84. The van der Waals surface area contributed by atoms with Gasteiger partial charge in [-0.1, -0.05) is 11.6 Å². The van der Waals surface area contributed by atoms with Crippen LogP contribution in [0.1, 0.15) is 22.2 Å². The molecule has 1 aliphatic rings. The van der Waals surface area contributed by atoms with Crippen molar-refractivity contribution >= 4 is 28.8 Å². The number of halogens is 1. The summed E-state index contributed by atoms with van der Waals surface area (Å²) in [6.45, 7) is 0. The van der Waals surface area contributed by atoms with E-state index in [4.69, 9.17) is 21.1 Å². The fourth-order valence-corrected chi connectivity index (χ4v) is 3.34. The molecule has 1 N–H and O–H groups in total. The molecule has 3 heterocycles. The van der Waals surface area contributed by atoms with Crippen molar-refractivity contribution in [1.82, 2.24) is 14.3 Å². The third kappa shape index (κ3) is 2.43. The van der Waals surface area contributed by atoms with E-state index in [1.54, 1.807) is 56.8 Å².